The van der Waals surface area contributed by atoms with Crippen LogP contribution in [-0.2, 0) is 17.6 Å². The van der Waals surface area contributed by atoms with E-state index in [2.05, 4.69) is 67.1 Å². The van der Waals surface area contributed by atoms with Crippen LogP contribution in [-0.4, -0.2) is 17.9 Å². The quantitative estimate of drug-likeness (QED) is 0.161. The molecule has 2 aromatic rings. The van der Waals surface area contributed by atoms with Crippen molar-refractivity contribution in [3.63, 3.8) is 0 Å². The minimum Gasteiger partial charge on any atom is -0.450 e. The zero-order valence-electron chi connectivity index (χ0n) is 22.3. The van der Waals surface area contributed by atoms with Crippen molar-refractivity contribution in [1.82, 2.24) is 0 Å². The van der Waals surface area contributed by atoms with Crippen molar-refractivity contribution in [2.24, 2.45) is 0 Å². The van der Waals surface area contributed by atoms with Gasteiger partial charge in [0.25, 0.3) is 0 Å². The van der Waals surface area contributed by atoms with Crippen LogP contribution in [0, 0.1) is 0 Å². The van der Waals surface area contributed by atoms with E-state index >= 15 is 0 Å². The molecule has 35 heavy (non-hydrogen) atoms. The van der Waals surface area contributed by atoms with Gasteiger partial charge >= 0.3 is 6.16 Å². The summed E-state index contributed by atoms with van der Waals surface area (Å²) in [5.74, 6) is 0.461. The molecule has 0 aromatic heterocycles. The van der Waals surface area contributed by atoms with Gasteiger partial charge in [0.2, 0.25) is 0 Å². The van der Waals surface area contributed by atoms with E-state index in [-0.39, 0.29) is 0 Å². The fraction of sp³-hybridized carbons (Fsp3) is 0.594. The Morgan fingerprint density at radius 3 is 2.09 bits per heavy atom. The summed E-state index contributed by atoms with van der Waals surface area (Å²) in [5, 5.41) is 8.55. The van der Waals surface area contributed by atoms with E-state index in [1.165, 1.54) is 82.6 Å². The highest BCUT2D eigenvalue weighted by Crippen LogP contribution is 2.35. The van der Waals surface area contributed by atoms with E-state index in [1.807, 2.05) is 0 Å². The number of carboxylic acid groups (broad SMARTS) is 1. The Kier molecular flexibility index (Phi) is 14.9. The van der Waals surface area contributed by atoms with Gasteiger partial charge in [0.15, 0.2) is 0 Å². The monoisotopic (exact) mass is 480 g/mol. The summed E-state index contributed by atoms with van der Waals surface area (Å²) in [4.78, 5) is 10.4. The molecule has 1 atom stereocenters. The first kappa shape index (κ1) is 28.9. The van der Waals surface area contributed by atoms with Crippen LogP contribution in [0.2, 0.25) is 0 Å². The average Bonchev–Trinajstić information content (AvgIpc) is 2.87. The Bertz CT molecular complexity index is 815. The molecule has 1 unspecified atom stereocenters. The van der Waals surface area contributed by atoms with Crippen molar-refractivity contribution in [2.75, 3.05) is 6.61 Å². The minimum absolute atomic E-state index is 0.320. The third kappa shape index (κ3) is 11.3. The fourth-order valence-corrected chi connectivity index (χ4v) is 5.14. The lowest BCUT2D eigenvalue weighted by molar-refractivity contribution is 0.0899. The van der Waals surface area contributed by atoms with E-state index in [0.29, 0.717) is 12.5 Å². The Hall–Kier alpha value is -2.29. The number of benzene rings is 2. The lowest BCUT2D eigenvalue weighted by Gasteiger charge is -2.24. The summed E-state index contributed by atoms with van der Waals surface area (Å²) in [6.45, 7) is 4.90. The molecule has 0 saturated carbocycles. The molecule has 0 aliphatic rings. The molecule has 0 spiro atoms. The van der Waals surface area contributed by atoms with E-state index < -0.39 is 6.16 Å². The van der Waals surface area contributed by atoms with Gasteiger partial charge in [-0.2, -0.15) is 0 Å². The first-order valence-corrected chi connectivity index (χ1v) is 14.2. The topological polar surface area (TPSA) is 46.5 Å². The van der Waals surface area contributed by atoms with Crippen molar-refractivity contribution in [3.8, 4) is 0 Å². The highest BCUT2D eigenvalue weighted by molar-refractivity contribution is 5.56. The van der Waals surface area contributed by atoms with Crippen LogP contribution in [0.1, 0.15) is 125 Å². The predicted molar refractivity (Wildman–Crippen MR) is 147 cm³/mol. The van der Waals surface area contributed by atoms with Gasteiger partial charge in [0.05, 0.1) is 6.61 Å². The first-order valence-electron chi connectivity index (χ1n) is 14.2. The number of hydrogen-bond acceptors (Lipinski definition) is 2. The van der Waals surface area contributed by atoms with E-state index in [4.69, 9.17) is 5.11 Å². The lowest BCUT2D eigenvalue weighted by Crippen LogP contribution is -2.08. The van der Waals surface area contributed by atoms with Crippen LogP contribution in [0.15, 0.2) is 48.5 Å². The second-order valence-electron chi connectivity index (χ2n) is 9.89. The van der Waals surface area contributed by atoms with Crippen LogP contribution in [0.3, 0.4) is 0 Å². The number of unbranched alkanes of at least 4 members (excludes halogenated alkanes) is 9. The Morgan fingerprint density at radius 2 is 1.40 bits per heavy atom. The van der Waals surface area contributed by atoms with Gasteiger partial charge in [-0.05, 0) is 60.8 Å². The normalized spacial score (nSPS) is 11.9. The molecular weight excluding hydrogens is 432 g/mol. The van der Waals surface area contributed by atoms with Crippen molar-refractivity contribution in [1.29, 1.82) is 0 Å². The van der Waals surface area contributed by atoms with Crippen molar-refractivity contribution < 1.29 is 14.6 Å². The second kappa shape index (κ2) is 18.0. The number of rotatable bonds is 19. The molecule has 0 aliphatic heterocycles. The molecule has 3 heteroatoms. The molecule has 0 radical (unpaired) electrons. The average molecular weight is 481 g/mol. The summed E-state index contributed by atoms with van der Waals surface area (Å²) in [5.41, 5.74) is 6.22. The maximum absolute atomic E-state index is 10.4. The molecule has 2 aromatic carbocycles. The van der Waals surface area contributed by atoms with E-state index in [1.54, 1.807) is 16.7 Å². The highest BCUT2D eigenvalue weighted by atomic mass is 16.7. The van der Waals surface area contributed by atoms with Gasteiger partial charge in [-0.3, -0.25) is 0 Å². The van der Waals surface area contributed by atoms with Crippen LogP contribution in [0.4, 0.5) is 4.79 Å². The maximum Gasteiger partial charge on any atom is 0.505 e. The van der Waals surface area contributed by atoms with E-state index in [9.17, 15) is 4.79 Å². The van der Waals surface area contributed by atoms with Crippen LogP contribution in [0.25, 0.3) is 0 Å². The number of ether oxygens (including phenoxy) is 1. The summed E-state index contributed by atoms with van der Waals surface area (Å²) in [6.07, 6.45) is 16.8. The Balaban J connectivity index is 2.07. The molecule has 0 aliphatic carbocycles. The van der Waals surface area contributed by atoms with Gasteiger partial charge in [0.1, 0.15) is 0 Å². The number of aryl methyl sites for hydroxylation is 1. The Labute approximate surface area is 214 Å². The highest BCUT2D eigenvalue weighted by Gasteiger charge is 2.19. The Morgan fingerprint density at radius 1 is 0.743 bits per heavy atom. The molecule has 2 rings (SSSR count). The lowest BCUT2D eigenvalue weighted by atomic mass is 9.81. The molecule has 1 N–H and O–H groups in total. The zero-order chi connectivity index (χ0) is 25.1. The number of carbonyl (C=O) groups is 1. The predicted octanol–water partition coefficient (Wildman–Crippen LogP) is 9.71. The SMILES string of the molecule is CCCCCc1cccc(C(CCCCCCCCOC(=O)O)c2ccccc2)c1CCCCC. The molecule has 0 fully saturated rings. The molecule has 194 valence electrons. The molecule has 0 heterocycles. The van der Waals surface area contributed by atoms with Gasteiger partial charge in [-0.1, -0.05) is 120 Å². The molecule has 0 amide bonds. The summed E-state index contributed by atoms with van der Waals surface area (Å²) in [7, 11) is 0. The van der Waals surface area contributed by atoms with Gasteiger partial charge < -0.3 is 9.84 Å². The maximum atomic E-state index is 10.4. The first-order chi connectivity index (χ1) is 17.2. The van der Waals surface area contributed by atoms with Gasteiger partial charge in [0, 0.05) is 5.92 Å². The minimum atomic E-state index is -1.17. The fourth-order valence-electron chi connectivity index (χ4n) is 5.14. The molecule has 3 nitrogen and oxygen atoms in total. The van der Waals surface area contributed by atoms with Gasteiger partial charge in [-0.15, -0.1) is 0 Å². The largest absolute Gasteiger partial charge is 0.505 e. The molecule has 0 saturated heterocycles. The smallest absolute Gasteiger partial charge is 0.450 e. The third-order valence-corrected chi connectivity index (χ3v) is 7.08. The van der Waals surface area contributed by atoms with E-state index in [0.717, 1.165) is 19.3 Å². The van der Waals surface area contributed by atoms with Crippen LogP contribution < -0.4 is 0 Å². The molecule has 0 bridgehead atoms. The summed E-state index contributed by atoms with van der Waals surface area (Å²) >= 11 is 0. The zero-order valence-corrected chi connectivity index (χ0v) is 22.3. The standard InChI is InChI=1S/C32H48O3/c1-3-5-12-19-28-22-18-25-31(29(28)23-13-6-4-2)30(27-20-14-11-15-21-27)24-16-9-7-8-10-17-26-35-32(33)34/h11,14-15,18,20-22,25,30H,3-10,12-13,16-17,19,23-24,26H2,1-2H3,(H,33,34). The number of hydrogen-bond donors (Lipinski definition) is 1. The van der Waals surface area contributed by atoms with Crippen molar-refractivity contribution >= 4 is 6.16 Å². The van der Waals surface area contributed by atoms with Crippen molar-refractivity contribution in [2.45, 2.75) is 116 Å². The van der Waals surface area contributed by atoms with Crippen molar-refractivity contribution in [3.05, 3.63) is 70.8 Å². The second-order valence-corrected chi connectivity index (χ2v) is 9.89. The molecular formula is C32H48O3. The van der Waals surface area contributed by atoms with Gasteiger partial charge in [-0.25, -0.2) is 4.79 Å². The van der Waals surface area contributed by atoms with Crippen LogP contribution in [0.5, 0.6) is 0 Å². The summed E-state index contributed by atoms with van der Waals surface area (Å²) in [6, 6.07) is 18.2. The van der Waals surface area contributed by atoms with Crippen LogP contribution >= 0.6 is 0 Å². The third-order valence-electron chi connectivity index (χ3n) is 7.08. The summed E-state index contributed by atoms with van der Waals surface area (Å²) < 4.78 is 4.60.